The van der Waals surface area contributed by atoms with Crippen LogP contribution in [0.3, 0.4) is 0 Å². The second kappa shape index (κ2) is 5.44. The fourth-order valence-electron chi connectivity index (χ4n) is 2.47. The molecule has 1 aliphatic heterocycles. The molecule has 20 heavy (non-hydrogen) atoms. The monoisotopic (exact) mass is 289 g/mol. The molecule has 2 aromatic rings. The Kier molecular flexibility index (Phi) is 3.65. The minimum absolute atomic E-state index is 0.798. The van der Waals surface area contributed by atoms with Crippen molar-refractivity contribution in [2.45, 2.75) is 31.8 Å². The SMILES string of the molecule is CCNc1nc(-c2cn(C)nc2CC)nc2c1CSC2. The van der Waals surface area contributed by atoms with Crippen LogP contribution in [0.4, 0.5) is 5.82 Å². The number of anilines is 1. The van der Waals surface area contributed by atoms with Crippen molar-refractivity contribution in [3.63, 3.8) is 0 Å². The Hall–Kier alpha value is -1.56. The van der Waals surface area contributed by atoms with Gasteiger partial charge in [0.05, 0.1) is 17.0 Å². The van der Waals surface area contributed by atoms with Crippen LogP contribution in [0.2, 0.25) is 0 Å². The average molecular weight is 289 g/mol. The van der Waals surface area contributed by atoms with Crippen molar-refractivity contribution >= 4 is 17.6 Å². The predicted octanol–water partition coefficient (Wildman–Crippen LogP) is 2.62. The van der Waals surface area contributed by atoms with Gasteiger partial charge in [-0.3, -0.25) is 4.68 Å². The third-order valence-corrected chi connectivity index (χ3v) is 4.37. The van der Waals surface area contributed by atoms with E-state index in [4.69, 9.17) is 9.97 Å². The number of fused-ring (bicyclic) bond motifs is 1. The summed E-state index contributed by atoms with van der Waals surface area (Å²) in [5.41, 5.74) is 4.54. The highest BCUT2D eigenvalue weighted by Crippen LogP contribution is 2.34. The summed E-state index contributed by atoms with van der Waals surface area (Å²) >= 11 is 1.90. The topological polar surface area (TPSA) is 55.6 Å². The van der Waals surface area contributed by atoms with Crippen LogP contribution in [0.1, 0.15) is 30.8 Å². The summed E-state index contributed by atoms with van der Waals surface area (Å²) in [5, 5.41) is 7.86. The maximum atomic E-state index is 4.76. The molecule has 3 rings (SSSR count). The minimum atomic E-state index is 0.798. The van der Waals surface area contributed by atoms with E-state index in [0.717, 1.165) is 47.4 Å². The Labute approximate surface area is 123 Å². The number of aromatic nitrogens is 4. The molecular formula is C14H19N5S. The molecule has 1 aliphatic rings. The van der Waals surface area contributed by atoms with Gasteiger partial charge in [0.15, 0.2) is 5.82 Å². The Morgan fingerprint density at radius 1 is 1.30 bits per heavy atom. The van der Waals surface area contributed by atoms with Gasteiger partial charge >= 0.3 is 0 Å². The highest BCUT2D eigenvalue weighted by atomic mass is 32.2. The third-order valence-electron chi connectivity index (χ3n) is 3.40. The molecule has 0 saturated heterocycles. The van der Waals surface area contributed by atoms with E-state index < -0.39 is 0 Å². The first kappa shape index (κ1) is 13.4. The smallest absolute Gasteiger partial charge is 0.165 e. The van der Waals surface area contributed by atoms with E-state index in [1.807, 2.05) is 29.7 Å². The number of nitrogens with zero attached hydrogens (tertiary/aromatic N) is 4. The van der Waals surface area contributed by atoms with Crippen molar-refractivity contribution in [1.29, 1.82) is 0 Å². The van der Waals surface area contributed by atoms with Gasteiger partial charge < -0.3 is 5.32 Å². The molecule has 0 amide bonds. The summed E-state index contributed by atoms with van der Waals surface area (Å²) < 4.78 is 1.84. The zero-order chi connectivity index (χ0) is 14.1. The van der Waals surface area contributed by atoms with E-state index in [9.17, 15) is 0 Å². The molecule has 0 bridgehead atoms. The van der Waals surface area contributed by atoms with Crippen LogP contribution in [-0.4, -0.2) is 26.3 Å². The molecule has 5 nitrogen and oxygen atoms in total. The van der Waals surface area contributed by atoms with Gasteiger partial charge in [0, 0.05) is 36.9 Å². The Morgan fingerprint density at radius 3 is 2.90 bits per heavy atom. The Morgan fingerprint density at radius 2 is 2.15 bits per heavy atom. The van der Waals surface area contributed by atoms with E-state index in [2.05, 4.69) is 24.3 Å². The van der Waals surface area contributed by atoms with Crippen molar-refractivity contribution in [1.82, 2.24) is 19.7 Å². The van der Waals surface area contributed by atoms with Gasteiger partial charge in [-0.15, -0.1) is 0 Å². The normalized spacial score (nSPS) is 13.6. The van der Waals surface area contributed by atoms with Crippen molar-refractivity contribution in [3.8, 4) is 11.4 Å². The van der Waals surface area contributed by atoms with E-state index in [1.165, 1.54) is 11.3 Å². The fraction of sp³-hybridized carbons (Fsp3) is 0.500. The predicted molar refractivity (Wildman–Crippen MR) is 82.8 cm³/mol. The zero-order valence-corrected chi connectivity index (χ0v) is 12.9. The third kappa shape index (κ3) is 2.28. The summed E-state index contributed by atoms with van der Waals surface area (Å²) in [6, 6.07) is 0. The second-order valence-electron chi connectivity index (χ2n) is 4.86. The molecule has 0 aromatic carbocycles. The molecule has 106 valence electrons. The van der Waals surface area contributed by atoms with Gasteiger partial charge in [-0.2, -0.15) is 16.9 Å². The van der Waals surface area contributed by atoms with Crippen LogP contribution in [-0.2, 0) is 25.0 Å². The largest absolute Gasteiger partial charge is 0.370 e. The van der Waals surface area contributed by atoms with Crippen molar-refractivity contribution in [2.24, 2.45) is 7.05 Å². The van der Waals surface area contributed by atoms with Crippen LogP contribution in [0.15, 0.2) is 6.20 Å². The number of aryl methyl sites for hydroxylation is 2. The molecule has 0 radical (unpaired) electrons. The summed E-state index contributed by atoms with van der Waals surface area (Å²) in [4.78, 5) is 9.50. The molecule has 6 heteroatoms. The van der Waals surface area contributed by atoms with Crippen molar-refractivity contribution in [2.75, 3.05) is 11.9 Å². The lowest BCUT2D eigenvalue weighted by Crippen LogP contribution is -2.07. The molecule has 0 aliphatic carbocycles. The zero-order valence-electron chi connectivity index (χ0n) is 12.1. The maximum absolute atomic E-state index is 4.76. The van der Waals surface area contributed by atoms with E-state index in [-0.39, 0.29) is 0 Å². The first-order valence-electron chi connectivity index (χ1n) is 6.97. The standard InChI is InChI=1S/C14H19N5S/c1-4-11-9(6-19(3)18-11)14-16-12-8-20-7-10(12)13(17-14)15-5-2/h6H,4-5,7-8H2,1-3H3,(H,15,16,17). The Bertz CT molecular complexity index is 635. The van der Waals surface area contributed by atoms with Gasteiger partial charge in [0.2, 0.25) is 0 Å². The highest BCUT2D eigenvalue weighted by Gasteiger charge is 2.21. The minimum Gasteiger partial charge on any atom is -0.370 e. The van der Waals surface area contributed by atoms with Crippen LogP contribution < -0.4 is 5.32 Å². The van der Waals surface area contributed by atoms with Gasteiger partial charge in [-0.25, -0.2) is 9.97 Å². The summed E-state index contributed by atoms with van der Waals surface area (Å²) in [7, 11) is 1.94. The molecule has 0 saturated carbocycles. The molecule has 0 spiro atoms. The van der Waals surface area contributed by atoms with Gasteiger partial charge in [0.25, 0.3) is 0 Å². The number of rotatable bonds is 4. The lowest BCUT2D eigenvalue weighted by atomic mass is 10.1. The fourth-order valence-corrected chi connectivity index (χ4v) is 3.51. The first-order chi connectivity index (χ1) is 9.72. The van der Waals surface area contributed by atoms with E-state index in [1.54, 1.807) is 0 Å². The van der Waals surface area contributed by atoms with Crippen molar-refractivity contribution < 1.29 is 0 Å². The Balaban J connectivity index is 2.12. The number of hydrogen-bond acceptors (Lipinski definition) is 5. The van der Waals surface area contributed by atoms with Crippen LogP contribution >= 0.6 is 11.8 Å². The quantitative estimate of drug-likeness (QED) is 0.937. The number of nitrogens with one attached hydrogen (secondary N) is 1. The second-order valence-corrected chi connectivity index (χ2v) is 5.85. The van der Waals surface area contributed by atoms with Gasteiger partial charge in [-0.05, 0) is 13.3 Å². The molecule has 2 aromatic heterocycles. The molecule has 0 fully saturated rings. The number of hydrogen-bond donors (Lipinski definition) is 1. The maximum Gasteiger partial charge on any atom is 0.165 e. The lowest BCUT2D eigenvalue weighted by Gasteiger charge is -2.10. The molecule has 3 heterocycles. The van der Waals surface area contributed by atoms with Crippen LogP contribution in [0.5, 0.6) is 0 Å². The summed E-state index contributed by atoms with van der Waals surface area (Å²) in [6.07, 6.45) is 2.90. The van der Waals surface area contributed by atoms with Crippen molar-refractivity contribution in [3.05, 3.63) is 23.1 Å². The first-order valence-corrected chi connectivity index (χ1v) is 8.12. The molecular weight excluding hydrogens is 270 g/mol. The van der Waals surface area contributed by atoms with Crippen LogP contribution in [0, 0.1) is 0 Å². The van der Waals surface area contributed by atoms with Crippen LogP contribution in [0.25, 0.3) is 11.4 Å². The highest BCUT2D eigenvalue weighted by molar-refractivity contribution is 7.98. The summed E-state index contributed by atoms with van der Waals surface area (Å²) in [6.45, 7) is 5.08. The van der Waals surface area contributed by atoms with Gasteiger partial charge in [-0.1, -0.05) is 6.92 Å². The molecule has 1 N–H and O–H groups in total. The van der Waals surface area contributed by atoms with Gasteiger partial charge in [0.1, 0.15) is 5.82 Å². The lowest BCUT2D eigenvalue weighted by molar-refractivity contribution is 0.746. The number of thioether (sulfide) groups is 1. The molecule has 0 unspecified atom stereocenters. The summed E-state index contributed by atoms with van der Waals surface area (Å²) in [5.74, 6) is 3.77. The van der Waals surface area contributed by atoms with E-state index >= 15 is 0 Å². The molecule has 0 atom stereocenters. The average Bonchev–Trinajstić information content (AvgIpc) is 3.04. The van der Waals surface area contributed by atoms with E-state index in [0.29, 0.717) is 0 Å².